The van der Waals surface area contributed by atoms with Crippen molar-refractivity contribution in [1.82, 2.24) is 9.55 Å². The van der Waals surface area contributed by atoms with Crippen LogP contribution in [0.15, 0.2) is 41.6 Å². The van der Waals surface area contributed by atoms with Gasteiger partial charge in [-0.1, -0.05) is 0 Å². The molecule has 0 amide bonds. The van der Waals surface area contributed by atoms with Crippen molar-refractivity contribution in [3.8, 4) is 5.69 Å². The fourth-order valence-electron chi connectivity index (χ4n) is 1.73. The van der Waals surface area contributed by atoms with E-state index in [1.807, 2.05) is 24.6 Å². The molecule has 0 aliphatic rings. The predicted octanol–water partition coefficient (Wildman–Crippen LogP) is 2.10. The Morgan fingerprint density at radius 3 is 2.37 bits per heavy atom. The number of hydrogen-bond acceptors (Lipinski definition) is 4. The smallest absolute Gasteiger partial charge is 0.207 e. The van der Waals surface area contributed by atoms with Gasteiger partial charge in [-0.15, -0.1) is 0 Å². The summed E-state index contributed by atoms with van der Waals surface area (Å²) in [5.41, 5.74) is 0.869. The summed E-state index contributed by atoms with van der Waals surface area (Å²) >= 11 is 0. The monoisotopic (exact) mass is 279 g/mol. The van der Waals surface area contributed by atoms with E-state index in [1.165, 1.54) is 6.26 Å². The van der Waals surface area contributed by atoms with Gasteiger partial charge in [-0.2, -0.15) is 0 Å². The molecule has 0 saturated heterocycles. The molecule has 1 heterocycles. The summed E-state index contributed by atoms with van der Waals surface area (Å²) in [4.78, 5) is 4.55. The SMILES string of the molecule is CC(C)Nc1nccn1-c1ccc(S(C)(=O)=O)cc1. The zero-order valence-corrected chi connectivity index (χ0v) is 12.0. The van der Waals surface area contributed by atoms with E-state index in [1.54, 1.807) is 30.5 Å². The summed E-state index contributed by atoms with van der Waals surface area (Å²) in [5.74, 6) is 0.738. The molecule has 19 heavy (non-hydrogen) atoms. The maximum Gasteiger partial charge on any atom is 0.207 e. The van der Waals surface area contributed by atoms with Gasteiger partial charge < -0.3 is 5.32 Å². The van der Waals surface area contributed by atoms with Gasteiger partial charge in [-0.25, -0.2) is 13.4 Å². The Morgan fingerprint density at radius 2 is 1.84 bits per heavy atom. The Bertz CT molecular complexity index is 657. The molecule has 0 fully saturated rings. The minimum absolute atomic E-state index is 0.274. The Labute approximate surface area is 113 Å². The Hall–Kier alpha value is -1.82. The molecule has 0 atom stereocenters. The maximum absolute atomic E-state index is 11.4. The lowest BCUT2D eigenvalue weighted by molar-refractivity contribution is 0.602. The van der Waals surface area contributed by atoms with Crippen LogP contribution in [0.25, 0.3) is 5.69 Å². The predicted molar refractivity (Wildman–Crippen MR) is 75.4 cm³/mol. The quantitative estimate of drug-likeness (QED) is 0.931. The van der Waals surface area contributed by atoms with Crippen molar-refractivity contribution in [2.24, 2.45) is 0 Å². The van der Waals surface area contributed by atoms with Gasteiger partial charge in [-0.05, 0) is 38.1 Å². The molecular weight excluding hydrogens is 262 g/mol. The van der Waals surface area contributed by atoms with Gasteiger partial charge in [0.15, 0.2) is 9.84 Å². The highest BCUT2D eigenvalue weighted by atomic mass is 32.2. The Kier molecular flexibility index (Phi) is 3.61. The normalized spacial score (nSPS) is 11.8. The molecule has 1 aromatic carbocycles. The van der Waals surface area contributed by atoms with E-state index >= 15 is 0 Å². The van der Waals surface area contributed by atoms with Crippen LogP contribution >= 0.6 is 0 Å². The standard InChI is InChI=1S/C13H17N3O2S/c1-10(2)15-13-14-8-9-16(13)11-4-6-12(7-5-11)19(3,17)18/h4-10H,1-3H3,(H,14,15). The van der Waals surface area contributed by atoms with E-state index in [0.717, 1.165) is 11.6 Å². The first-order valence-electron chi connectivity index (χ1n) is 5.98. The van der Waals surface area contributed by atoms with Gasteiger partial charge in [0.05, 0.1) is 4.90 Å². The second-order valence-electron chi connectivity index (χ2n) is 4.69. The molecule has 1 N–H and O–H groups in total. The van der Waals surface area contributed by atoms with Gasteiger partial charge in [0.2, 0.25) is 5.95 Å². The fourth-order valence-corrected chi connectivity index (χ4v) is 2.36. The second-order valence-corrected chi connectivity index (χ2v) is 6.70. The maximum atomic E-state index is 11.4. The lowest BCUT2D eigenvalue weighted by Crippen LogP contribution is -2.13. The highest BCUT2D eigenvalue weighted by Crippen LogP contribution is 2.17. The van der Waals surface area contributed by atoms with Gasteiger partial charge in [-0.3, -0.25) is 4.57 Å². The van der Waals surface area contributed by atoms with Crippen LogP contribution in [0.5, 0.6) is 0 Å². The van der Waals surface area contributed by atoms with Crippen LogP contribution in [0.4, 0.5) is 5.95 Å². The van der Waals surface area contributed by atoms with E-state index in [0.29, 0.717) is 4.90 Å². The summed E-state index contributed by atoms with van der Waals surface area (Å²) in [6.07, 6.45) is 4.74. The van der Waals surface area contributed by atoms with E-state index in [2.05, 4.69) is 10.3 Å². The molecule has 0 aliphatic heterocycles. The lowest BCUT2D eigenvalue weighted by atomic mass is 10.3. The number of rotatable bonds is 4. The number of nitrogens with one attached hydrogen (secondary N) is 1. The van der Waals surface area contributed by atoms with Crippen LogP contribution in [0, 0.1) is 0 Å². The molecule has 0 spiro atoms. The summed E-state index contributed by atoms with van der Waals surface area (Å²) in [7, 11) is -3.16. The second kappa shape index (κ2) is 5.05. The van der Waals surface area contributed by atoms with Crippen LogP contribution in [-0.4, -0.2) is 30.3 Å². The highest BCUT2D eigenvalue weighted by molar-refractivity contribution is 7.90. The molecule has 0 unspecified atom stereocenters. The summed E-state index contributed by atoms with van der Waals surface area (Å²) in [6, 6.07) is 7.01. The third kappa shape index (κ3) is 3.14. The van der Waals surface area contributed by atoms with Crippen molar-refractivity contribution >= 4 is 15.8 Å². The van der Waals surface area contributed by atoms with Crippen LogP contribution in [0.2, 0.25) is 0 Å². The number of benzene rings is 1. The average molecular weight is 279 g/mol. The Morgan fingerprint density at radius 1 is 1.21 bits per heavy atom. The zero-order chi connectivity index (χ0) is 14.0. The van der Waals surface area contributed by atoms with E-state index in [9.17, 15) is 8.42 Å². The van der Waals surface area contributed by atoms with E-state index in [4.69, 9.17) is 0 Å². The number of nitrogens with zero attached hydrogens (tertiary/aromatic N) is 2. The van der Waals surface area contributed by atoms with Crippen LogP contribution < -0.4 is 5.32 Å². The lowest BCUT2D eigenvalue weighted by Gasteiger charge is -2.12. The van der Waals surface area contributed by atoms with Crippen LogP contribution in [-0.2, 0) is 9.84 Å². The number of hydrogen-bond donors (Lipinski definition) is 1. The van der Waals surface area contributed by atoms with Crippen LogP contribution in [0.3, 0.4) is 0 Å². The number of anilines is 1. The number of aromatic nitrogens is 2. The van der Waals surface area contributed by atoms with Crippen LogP contribution in [0.1, 0.15) is 13.8 Å². The molecule has 0 bridgehead atoms. The first-order valence-corrected chi connectivity index (χ1v) is 7.87. The molecule has 0 aliphatic carbocycles. The van der Waals surface area contributed by atoms with Crippen molar-refractivity contribution in [1.29, 1.82) is 0 Å². The Balaban J connectivity index is 2.35. The molecule has 1 aromatic heterocycles. The fraction of sp³-hybridized carbons (Fsp3) is 0.308. The minimum atomic E-state index is -3.16. The topological polar surface area (TPSA) is 64.0 Å². The first-order chi connectivity index (χ1) is 8.88. The molecule has 0 saturated carbocycles. The molecule has 2 aromatic rings. The van der Waals surface area contributed by atoms with Gasteiger partial charge in [0.25, 0.3) is 0 Å². The first kappa shape index (κ1) is 13.6. The summed E-state index contributed by atoms with van der Waals surface area (Å²) in [6.45, 7) is 4.07. The van der Waals surface area contributed by atoms with Crippen molar-refractivity contribution in [3.63, 3.8) is 0 Å². The van der Waals surface area contributed by atoms with Crippen molar-refractivity contribution < 1.29 is 8.42 Å². The van der Waals surface area contributed by atoms with Crippen molar-refractivity contribution in [2.45, 2.75) is 24.8 Å². The van der Waals surface area contributed by atoms with Gasteiger partial charge in [0, 0.05) is 30.4 Å². The van der Waals surface area contributed by atoms with E-state index in [-0.39, 0.29) is 6.04 Å². The van der Waals surface area contributed by atoms with Crippen molar-refractivity contribution in [3.05, 3.63) is 36.7 Å². The average Bonchev–Trinajstić information content (AvgIpc) is 2.75. The number of sulfone groups is 1. The molecular formula is C13H17N3O2S. The minimum Gasteiger partial charge on any atom is -0.353 e. The highest BCUT2D eigenvalue weighted by Gasteiger charge is 2.09. The molecule has 102 valence electrons. The summed E-state index contributed by atoms with van der Waals surface area (Å²) < 4.78 is 24.7. The van der Waals surface area contributed by atoms with Crippen molar-refractivity contribution in [2.75, 3.05) is 11.6 Å². The largest absolute Gasteiger partial charge is 0.353 e. The molecule has 2 rings (SSSR count). The summed E-state index contributed by atoms with van der Waals surface area (Å²) in [5, 5.41) is 3.23. The third-order valence-corrected chi connectivity index (χ3v) is 3.73. The molecule has 6 heteroatoms. The van der Waals surface area contributed by atoms with Gasteiger partial charge >= 0.3 is 0 Å². The third-order valence-electron chi connectivity index (χ3n) is 2.60. The molecule has 0 radical (unpaired) electrons. The van der Waals surface area contributed by atoms with E-state index < -0.39 is 9.84 Å². The number of imidazole rings is 1. The zero-order valence-electron chi connectivity index (χ0n) is 11.2. The van der Waals surface area contributed by atoms with Gasteiger partial charge in [0.1, 0.15) is 0 Å². The molecule has 5 nitrogen and oxygen atoms in total.